The maximum atomic E-state index is 11.4. The largest absolute Gasteiger partial charge is 0.272 e. The number of H-pyrrole nitrogens is 1. The van der Waals surface area contributed by atoms with E-state index in [-0.39, 0.29) is 5.56 Å². The first-order valence-corrected chi connectivity index (χ1v) is 4.79. The van der Waals surface area contributed by atoms with Crippen molar-refractivity contribution in [2.45, 2.75) is 12.8 Å². The summed E-state index contributed by atoms with van der Waals surface area (Å²) >= 11 is 5.71. The maximum absolute atomic E-state index is 11.4. The van der Waals surface area contributed by atoms with E-state index in [0.29, 0.717) is 17.0 Å². The van der Waals surface area contributed by atoms with Gasteiger partial charge in [-0.15, -0.1) is 11.6 Å². The summed E-state index contributed by atoms with van der Waals surface area (Å²) in [6, 6.07) is 5.66. The van der Waals surface area contributed by atoms with E-state index in [1.807, 2.05) is 25.1 Å². The fourth-order valence-corrected chi connectivity index (χ4v) is 1.64. The molecule has 0 saturated heterocycles. The molecule has 1 aromatic heterocycles. The minimum absolute atomic E-state index is 0.169. The standard InChI is InChI=1S/C10H9ClN2O/c1-6-2-3-7-8(4-6)10(14)13-12-9(7)5-11/h2-4H,5H2,1H3,(H,13,14). The number of nitrogens with zero attached hydrogens (tertiary/aromatic N) is 1. The number of benzene rings is 1. The lowest BCUT2D eigenvalue weighted by Gasteiger charge is -2.01. The van der Waals surface area contributed by atoms with Crippen molar-refractivity contribution in [2.75, 3.05) is 0 Å². The van der Waals surface area contributed by atoms with Crippen LogP contribution in [0.3, 0.4) is 0 Å². The van der Waals surface area contributed by atoms with Gasteiger partial charge in [-0.05, 0) is 13.0 Å². The Morgan fingerprint density at radius 1 is 1.43 bits per heavy atom. The average Bonchev–Trinajstić information content (AvgIpc) is 2.19. The summed E-state index contributed by atoms with van der Waals surface area (Å²) in [5, 5.41) is 7.79. The molecule has 0 fully saturated rings. The van der Waals surface area contributed by atoms with E-state index in [4.69, 9.17) is 11.6 Å². The first kappa shape index (κ1) is 9.21. The van der Waals surface area contributed by atoms with Gasteiger partial charge in [-0.25, -0.2) is 5.10 Å². The molecule has 0 unspecified atom stereocenters. The molecule has 0 saturated carbocycles. The van der Waals surface area contributed by atoms with Crippen molar-refractivity contribution >= 4 is 22.4 Å². The topological polar surface area (TPSA) is 45.8 Å². The highest BCUT2D eigenvalue weighted by atomic mass is 35.5. The predicted octanol–water partition coefficient (Wildman–Crippen LogP) is 1.97. The number of aromatic amines is 1. The lowest BCUT2D eigenvalue weighted by molar-refractivity contribution is 0.960. The number of nitrogens with one attached hydrogen (secondary N) is 1. The van der Waals surface area contributed by atoms with E-state index in [1.54, 1.807) is 0 Å². The Morgan fingerprint density at radius 2 is 2.21 bits per heavy atom. The number of hydrogen-bond acceptors (Lipinski definition) is 2. The van der Waals surface area contributed by atoms with Crippen LogP contribution in [0.5, 0.6) is 0 Å². The Kier molecular flexibility index (Phi) is 2.25. The highest BCUT2D eigenvalue weighted by molar-refractivity contribution is 6.17. The van der Waals surface area contributed by atoms with Crippen LogP contribution in [0.1, 0.15) is 11.3 Å². The molecule has 0 amide bonds. The lowest BCUT2D eigenvalue weighted by Crippen LogP contribution is -2.10. The zero-order chi connectivity index (χ0) is 10.1. The molecule has 4 heteroatoms. The normalized spacial score (nSPS) is 10.7. The Bertz CT molecular complexity index is 533. The van der Waals surface area contributed by atoms with Gasteiger partial charge in [0.15, 0.2) is 0 Å². The summed E-state index contributed by atoms with van der Waals surface area (Å²) in [5.41, 5.74) is 1.59. The van der Waals surface area contributed by atoms with Crippen molar-refractivity contribution < 1.29 is 0 Å². The first-order valence-electron chi connectivity index (χ1n) is 4.26. The molecule has 14 heavy (non-hydrogen) atoms. The quantitative estimate of drug-likeness (QED) is 0.729. The van der Waals surface area contributed by atoms with Gasteiger partial charge in [-0.1, -0.05) is 17.7 Å². The third kappa shape index (κ3) is 1.40. The molecular weight excluding hydrogens is 200 g/mol. The highest BCUT2D eigenvalue weighted by Gasteiger charge is 2.04. The summed E-state index contributed by atoms with van der Waals surface area (Å²) < 4.78 is 0. The molecule has 1 N–H and O–H groups in total. The minimum atomic E-state index is -0.169. The van der Waals surface area contributed by atoms with E-state index >= 15 is 0 Å². The third-order valence-corrected chi connectivity index (χ3v) is 2.40. The lowest BCUT2D eigenvalue weighted by atomic mass is 10.1. The number of aromatic nitrogens is 2. The monoisotopic (exact) mass is 208 g/mol. The van der Waals surface area contributed by atoms with Crippen molar-refractivity contribution in [3.05, 3.63) is 39.8 Å². The summed E-state index contributed by atoms with van der Waals surface area (Å²) in [6.07, 6.45) is 0. The smallest absolute Gasteiger partial charge is 0.267 e. The molecule has 0 atom stereocenters. The molecule has 1 aromatic carbocycles. The van der Waals surface area contributed by atoms with Gasteiger partial charge in [0.05, 0.1) is 17.0 Å². The molecule has 1 heterocycles. The van der Waals surface area contributed by atoms with Crippen molar-refractivity contribution in [1.29, 1.82) is 0 Å². The van der Waals surface area contributed by atoms with Gasteiger partial charge in [0.25, 0.3) is 5.56 Å². The van der Waals surface area contributed by atoms with Crippen molar-refractivity contribution in [1.82, 2.24) is 10.2 Å². The van der Waals surface area contributed by atoms with Crippen LogP contribution < -0.4 is 5.56 Å². The molecule has 2 aromatic rings. The van der Waals surface area contributed by atoms with Crippen LogP contribution in [0, 0.1) is 6.92 Å². The van der Waals surface area contributed by atoms with Crippen LogP contribution in [0.15, 0.2) is 23.0 Å². The van der Waals surface area contributed by atoms with Gasteiger partial charge < -0.3 is 0 Å². The Morgan fingerprint density at radius 3 is 2.93 bits per heavy atom. The van der Waals surface area contributed by atoms with Crippen molar-refractivity contribution in [2.24, 2.45) is 0 Å². The highest BCUT2D eigenvalue weighted by Crippen LogP contribution is 2.15. The molecular formula is C10H9ClN2O. The second kappa shape index (κ2) is 3.42. The van der Waals surface area contributed by atoms with Gasteiger partial charge >= 0.3 is 0 Å². The summed E-state index contributed by atoms with van der Waals surface area (Å²) in [5.74, 6) is 0.302. The number of halogens is 1. The SMILES string of the molecule is Cc1ccc2c(CCl)n[nH]c(=O)c2c1. The Balaban J connectivity index is 2.91. The van der Waals surface area contributed by atoms with Crippen LogP contribution in [0.25, 0.3) is 10.8 Å². The first-order chi connectivity index (χ1) is 6.72. The van der Waals surface area contributed by atoms with Crippen LogP contribution in [0.2, 0.25) is 0 Å². The van der Waals surface area contributed by atoms with E-state index < -0.39 is 0 Å². The zero-order valence-electron chi connectivity index (χ0n) is 7.67. The summed E-state index contributed by atoms with van der Waals surface area (Å²) in [6.45, 7) is 1.94. The number of fused-ring (bicyclic) bond motifs is 1. The average molecular weight is 209 g/mol. The molecule has 72 valence electrons. The van der Waals surface area contributed by atoms with E-state index in [1.165, 1.54) is 0 Å². The van der Waals surface area contributed by atoms with Crippen LogP contribution in [-0.4, -0.2) is 10.2 Å². The van der Waals surface area contributed by atoms with Crippen LogP contribution in [-0.2, 0) is 5.88 Å². The molecule has 0 spiro atoms. The molecule has 3 nitrogen and oxygen atoms in total. The maximum Gasteiger partial charge on any atom is 0.272 e. The Hall–Kier alpha value is -1.35. The van der Waals surface area contributed by atoms with Gasteiger partial charge in [0.2, 0.25) is 0 Å². The van der Waals surface area contributed by atoms with Gasteiger partial charge in [0, 0.05) is 5.39 Å². The summed E-state index contributed by atoms with van der Waals surface area (Å²) in [7, 11) is 0. The molecule has 0 radical (unpaired) electrons. The fraction of sp³-hybridized carbons (Fsp3) is 0.200. The summed E-state index contributed by atoms with van der Waals surface area (Å²) in [4.78, 5) is 11.4. The number of hydrogen-bond donors (Lipinski definition) is 1. The van der Waals surface area contributed by atoms with E-state index in [9.17, 15) is 4.79 Å². The Labute approximate surface area is 85.7 Å². The number of alkyl halides is 1. The second-order valence-corrected chi connectivity index (χ2v) is 3.45. The molecule has 0 aliphatic carbocycles. The molecule has 0 bridgehead atoms. The van der Waals surface area contributed by atoms with E-state index in [0.717, 1.165) is 10.9 Å². The van der Waals surface area contributed by atoms with Gasteiger partial charge in [0.1, 0.15) is 0 Å². The number of aryl methyl sites for hydroxylation is 1. The van der Waals surface area contributed by atoms with Gasteiger partial charge in [-0.3, -0.25) is 4.79 Å². The minimum Gasteiger partial charge on any atom is -0.267 e. The fourth-order valence-electron chi connectivity index (χ4n) is 1.44. The van der Waals surface area contributed by atoms with Crippen LogP contribution in [0.4, 0.5) is 0 Å². The van der Waals surface area contributed by atoms with Crippen molar-refractivity contribution in [3.8, 4) is 0 Å². The zero-order valence-corrected chi connectivity index (χ0v) is 8.43. The number of rotatable bonds is 1. The second-order valence-electron chi connectivity index (χ2n) is 3.18. The molecule has 0 aliphatic heterocycles. The predicted molar refractivity (Wildman–Crippen MR) is 56.7 cm³/mol. The third-order valence-electron chi connectivity index (χ3n) is 2.15. The molecule has 2 rings (SSSR count). The molecule has 0 aliphatic rings. The van der Waals surface area contributed by atoms with Crippen LogP contribution >= 0.6 is 11.6 Å². The van der Waals surface area contributed by atoms with Gasteiger partial charge in [-0.2, -0.15) is 5.10 Å². The van der Waals surface area contributed by atoms with Crippen molar-refractivity contribution in [3.63, 3.8) is 0 Å². The van der Waals surface area contributed by atoms with E-state index in [2.05, 4.69) is 10.2 Å².